The van der Waals surface area contributed by atoms with Gasteiger partial charge in [-0.2, -0.15) is 5.10 Å². The first-order valence-electron chi connectivity index (χ1n) is 10.4. The highest BCUT2D eigenvalue weighted by atomic mass is 16.1. The van der Waals surface area contributed by atoms with Crippen molar-refractivity contribution in [2.45, 2.75) is 25.8 Å². The Morgan fingerprint density at radius 1 is 1.17 bits per heavy atom. The van der Waals surface area contributed by atoms with Crippen molar-refractivity contribution < 1.29 is 0 Å². The van der Waals surface area contributed by atoms with E-state index in [1.54, 1.807) is 4.68 Å². The Kier molecular flexibility index (Phi) is 4.55. The summed E-state index contributed by atoms with van der Waals surface area (Å²) in [4.78, 5) is 23.0. The van der Waals surface area contributed by atoms with E-state index in [0.29, 0.717) is 22.8 Å². The second-order valence-electron chi connectivity index (χ2n) is 8.24. The molecule has 7 heteroatoms. The van der Waals surface area contributed by atoms with Crippen LogP contribution in [0.5, 0.6) is 0 Å². The first kappa shape index (κ1) is 18.8. The van der Waals surface area contributed by atoms with Crippen molar-refractivity contribution in [3.05, 3.63) is 52.4 Å². The molecule has 30 heavy (non-hydrogen) atoms. The number of hydrogen-bond acceptors (Lipinski definition) is 5. The molecule has 0 spiro atoms. The number of benzene rings is 2. The van der Waals surface area contributed by atoms with Crippen LogP contribution in [0, 0.1) is 6.92 Å². The number of fused-ring (bicyclic) bond motifs is 2. The van der Waals surface area contributed by atoms with E-state index in [-0.39, 0.29) is 5.56 Å². The van der Waals surface area contributed by atoms with Crippen LogP contribution in [0.15, 0.2) is 41.3 Å². The van der Waals surface area contributed by atoms with Gasteiger partial charge in [0.15, 0.2) is 0 Å². The van der Waals surface area contributed by atoms with Crippen molar-refractivity contribution in [1.29, 1.82) is 0 Å². The summed E-state index contributed by atoms with van der Waals surface area (Å²) in [5.41, 5.74) is 4.57. The number of hydrogen-bond donors (Lipinski definition) is 2. The number of anilines is 1. The number of piperidine rings is 1. The van der Waals surface area contributed by atoms with Gasteiger partial charge < -0.3 is 15.2 Å². The third-order valence-corrected chi connectivity index (χ3v) is 6.14. The lowest BCUT2D eigenvalue weighted by Gasteiger charge is -2.33. The van der Waals surface area contributed by atoms with Crippen LogP contribution < -0.4 is 15.8 Å². The smallest absolute Gasteiger partial charge is 0.259 e. The van der Waals surface area contributed by atoms with Crippen LogP contribution in [0.4, 0.5) is 5.69 Å². The Labute approximate surface area is 174 Å². The predicted molar refractivity (Wildman–Crippen MR) is 121 cm³/mol. The average Bonchev–Trinajstić information content (AvgIpc) is 3.14. The monoisotopic (exact) mass is 402 g/mol. The Balaban J connectivity index is 1.55. The lowest BCUT2D eigenvalue weighted by Crippen LogP contribution is -2.41. The van der Waals surface area contributed by atoms with Gasteiger partial charge >= 0.3 is 0 Å². The number of aromatic amines is 1. The maximum absolute atomic E-state index is 12.9. The Hall–Kier alpha value is -3.19. The lowest BCUT2D eigenvalue weighted by molar-refractivity contribution is 0.443. The molecule has 5 rings (SSSR count). The topological polar surface area (TPSA) is 78.8 Å². The highest BCUT2D eigenvalue weighted by Gasteiger charge is 2.19. The van der Waals surface area contributed by atoms with E-state index in [2.05, 4.69) is 33.4 Å². The number of rotatable bonds is 3. The molecule has 0 amide bonds. The molecule has 7 nitrogen and oxygen atoms in total. The van der Waals surface area contributed by atoms with Crippen LogP contribution in [0.25, 0.3) is 33.2 Å². The summed E-state index contributed by atoms with van der Waals surface area (Å²) in [5, 5.41) is 9.55. The van der Waals surface area contributed by atoms with Crippen LogP contribution in [-0.4, -0.2) is 45.9 Å². The number of H-pyrrole nitrogens is 1. The summed E-state index contributed by atoms with van der Waals surface area (Å²) >= 11 is 0. The first-order valence-corrected chi connectivity index (χ1v) is 10.4. The number of nitrogens with one attached hydrogen (secondary N) is 2. The van der Waals surface area contributed by atoms with Gasteiger partial charge in [-0.05, 0) is 68.8 Å². The van der Waals surface area contributed by atoms with Gasteiger partial charge in [-0.15, -0.1) is 0 Å². The van der Waals surface area contributed by atoms with Crippen molar-refractivity contribution in [1.82, 2.24) is 25.1 Å². The van der Waals surface area contributed by atoms with Gasteiger partial charge in [0, 0.05) is 43.0 Å². The van der Waals surface area contributed by atoms with E-state index in [0.717, 1.165) is 53.6 Å². The summed E-state index contributed by atoms with van der Waals surface area (Å²) in [6.07, 6.45) is 4.20. The van der Waals surface area contributed by atoms with E-state index < -0.39 is 0 Å². The van der Waals surface area contributed by atoms with Gasteiger partial charge in [0.2, 0.25) is 0 Å². The highest BCUT2D eigenvalue weighted by Crippen LogP contribution is 2.27. The number of aryl methyl sites for hydroxylation is 2. The average molecular weight is 403 g/mol. The van der Waals surface area contributed by atoms with Crippen LogP contribution in [-0.2, 0) is 7.05 Å². The third kappa shape index (κ3) is 3.25. The first-order chi connectivity index (χ1) is 14.5. The Morgan fingerprint density at radius 3 is 2.77 bits per heavy atom. The minimum absolute atomic E-state index is 0.112. The number of aromatic nitrogens is 4. The molecule has 0 aliphatic carbocycles. The molecule has 0 atom stereocenters. The van der Waals surface area contributed by atoms with E-state index in [1.807, 2.05) is 44.4 Å². The van der Waals surface area contributed by atoms with E-state index >= 15 is 0 Å². The molecule has 0 radical (unpaired) electrons. The SMILES string of the molecule is Cc1cc(-c2nc3ccc(N(C)C4CCNCC4)cc3c(=O)[nH]2)cc2cn(C)nc12. The van der Waals surface area contributed by atoms with Gasteiger partial charge in [0.1, 0.15) is 5.82 Å². The fourth-order valence-corrected chi connectivity index (χ4v) is 4.45. The maximum Gasteiger partial charge on any atom is 0.259 e. The van der Waals surface area contributed by atoms with E-state index in [1.165, 1.54) is 0 Å². The molecular formula is C23H26N6O. The largest absolute Gasteiger partial charge is 0.371 e. The maximum atomic E-state index is 12.9. The summed E-state index contributed by atoms with van der Waals surface area (Å²) in [7, 11) is 4.02. The molecule has 2 aromatic carbocycles. The Morgan fingerprint density at radius 2 is 1.97 bits per heavy atom. The molecule has 3 heterocycles. The summed E-state index contributed by atoms with van der Waals surface area (Å²) < 4.78 is 1.80. The molecule has 0 unspecified atom stereocenters. The molecule has 2 N–H and O–H groups in total. The molecule has 4 aromatic rings. The van der Waals surface area contributed by atoms with Crippen LogP contribution >= 0.6 is 0 Å². The molecule has 1 aliphatic rings. The zero-order valence-corrected chi connectivity index (χ0v) is 17.6. The van der Waals surface area contributed by atoms with Crippen molar-refractivity contribution in [2.75, 3.05) is 25.0 Å². The molecule has 154 valence electrons. The summed E-state index contributed by atoms with van der Waals surface area (Å²) in [6, 6.07) is 10.5. The molecule has 0 bridgehead atoms. The Bertz CT molecular complexity index is 1300. The van der Waals surface area contributed by atoms with Crippen LogP contribution in [0.3, 0.4) is 0 Å². The third-order valence-electron chi connectivity index (χ3n) is 6.14. The van der Waals surface area contributed by atoms with Crippen molar-refractivity contribution in [2.24, 2.45) is 7.05 Å². The molecule has 2 aromatic heterocycles. The van der Waals surface area contributed by atoms with Crippen LogP contribution in [0.1, 0.15) is 18.4 Å². The highest BCUT2D eigenvalue weighted by molar-refractivity contribution is 5.87. The van der Waals surface area contributed by atoms with E-state index in [9.17, 15) is 4.79 Å². The number of nitrogens with zero attached hydrogens (tertiary/aromatic N) is 4. The van der Waals surface area contributed by atoms with Crippen molar-refractivity contribution in [3.63, 3.8) is 0 Å². The fourth-order valence-electron chi connectivity index (χ4n) is 4.45. The fraction of sp³-hybridized carbons (Fsp3) is 0.348. The van der Waals surface area contributed by atoms with Crippen molar-refractivity contribution >= 4 is 27.5 Å². The molecule has 1 saturated heterocycles. The zero-order chi connectivity index (χ0) is 20.8. The van der Waals surface area contributed by atoms with Gasteiger partial charge in [-0.1, -0.05) is 0 Å². The minimum Gasteiger partial charge on any atom is -0.371 e. The van der Waals surface area contributed by atoms with Gasteiger partial charge in [0.25, 0.3) is 5.56 Å². The van der Waals surface area contributed by atoms with Gasteiger partial charge in [-0.3, -0.25) is 9.48 Å². The summed E-state index contributed by atoms with van der Waals surface area (Å²) in [5.74, 6) is 0.584. The summed E-state index contributed by atoms with van der Waals surface area (Å²) in [6.45, 7) is 4.10. The van der Waals surface area contributed by atoms with E-state index in [4.69, 9.17) is 4.98 Å². The second kappa shape index (κ2) is 7.25. The molecule has 1 aliphatic heterocycles. The van der Waals surface area contributed by atoms with Gasteiger partial charge in [-0.25, -0.2) is 4.98 Å². The molecule has 1 fully saturated rings. The lowest BCUT2D eigenvalue weighted by atomic mass is 10.0. The van der Waals surface area contributed by atoms with Gasteiger partial charge in [0.05, 0.1) is 16.4 Å². The normalized spacial score (nSPS) is 15.2. The van der Waals surface area contributed by atoms with Crippen LogP contribution in [0.2, 0.25) is 0 Å². The quantitative estimate of drug-likeness (QED) is 0.551. The zero-order valence-electron chi connectivity index (χ0n) is 17.6. The predicted octanol–water partition coefficient (Wildman–Crippen LogP) is 2.97. The second-order valence-corrected chi connectivity index (χ2v) is 8.24. The standard InChI is InChI=1S/C23H26N6O/c1-14-10-15(11-16-13-28(2)27-21(14)16)22-25-20-5-4-18(12-19(20)23(30)26-22)29(3)17-6-8-24-9-7-17/h4-5,10-13,17,24H,6-9H2,1-3H3,(H,25,26,30). The molecule has 0 saturated carbocycles. The van der Waals surface area contributed by atoms with Crippen molar-refractivity contribution in [3.8, 4) is 11.4 Å². The molecular weight excluding hydrogens is 376 g/mol. The minimum atomic E-state index is -0.112.